The number of phosphoric acid groups is 1. The first-order valence-corrected chi connectivity index (χ1v) is 8.56. The molecule has 0 aromatic carbocycles. The van der Waals surface area contributed by atoms with Gasteiger partial charge in [-0.3, -0.25) is 13.6 Å². The minimum absolute atomic E-state index is 0.0523. The van der Waals surface area contributed by atoms with E-state index in [2.05, 4.69) is 11.4 Å². The molecule has 0 aliphatic rings. The fourth-order valence-electron chi connectivity index (χ4n) is 1.14. The van der Waals surface area contributed by atoms with Crippen LogP contribution in [0.25, 0.3) is 4.85 Å². The lowest BCUT2D eigenvalue weighted by Crippen LogP contribution is -2.37. The third kappa shape index (κ3) is 11.9. The zero-order valence-electron chi connectivity index (χ0n) is 14.2. The largest absolute Gasteiger partial charge is 0.475 e. The third-order valence-electron chi connectivity index (χ3n) is 2.38. The lowest BCUT2D eigenvalue weighted by molar-refractivity contribution is -0.870. The second-order valence-corrected chi connectivity index (χ2v) is 7.43. The Bertz CT molecular complexity index is 481. The summed E-state index contributed by atoms with van der Waals surface area (Å²) < 4.78 is 33.3. The van der Waals surface area contributed by atoms with Crippen molar-refractivity contribution in [2.24, 2.45) is 0 Å². The Labute approximate surface area is 138 Å². The molecule has 9 heteroatoms. The molecule has 0 aliphatic carbocycles. The molecule has 0 rings (SSSR count). The highest BCUT2D eigenvalue weighted by Gasteiger charge is 2.28. The van der Waals surface area contributed by atoms with E-state index in [1.165, 1.54) is 6.92 Å². The van der Waals surface area contributed by atoms with Gasteiger partial charge in [-0.1, -0.05) is 6.58 Å². The van der Waals surface area contributed by atoms with E-state index in [4.69, 9.17) is 24.9 Å². The van der Waals surface area contributed by atoms with E-state index in [1.54, 1.807) is 0 Å². The first kappa shape index (κ1) is 21.8. The van der Waals surface area contributed by atoms with Crippen molar-refractivity contribution in [2.45, 2.75) is 6.92 Å². The van der Waals surface area contributed by atoms with Crippen molar-refractivity contribution in [3.8, 4) is 0 Å². The number of rotatable bonds is 12. The fourth-order valence-corrected chi connectivity index (χ4v) is 2.28. The first-order valence-electron chi connectivity index (χ1n) is 7.09. The Morgan fingerprint density at radius 2 is 1.70 bits per heavy atom. The molecule has 0 amide bonds. The summed E-state index contributed by atoms with van der Waals surface area (Å²) in [6.45, 7) is 12.2. The standard InChI is InChI=1S/C14H26N2O6P/c1-13(2)14(17)19-11-12-22-23(18,20-9-7-15-3)21-10-8-16(4,5)6/h1,7-12H2,2,4-6H3/q+1/i4+1,5+1,6+1,16+1. The van der Waals surface area contributed by atoms with Gasteiger partial charge in [-0.05, 0) is 6.92 Å². The topological polar surface area (TPSA) is 75.4 Å². The Morgan fingerprint density at radius 1 is 1.13 bits per heavy atom. The van der Waals surface area contributed by atoms with Crippen LogP contribution >= 0.6 is 7.82 Å². The summed E-state index contributed by atoms with van der Waals surface area (Å²) in [5, 5.41) is 0. The van der Waals surface area contributed by atoms with E-state index < -0.39 is 13.8 Å². The molecule has 0 aromatic heterocycles. The Balaban J connectivity index is 4.37. The van der Waals surface area contributed by atoms with Crippen molar-refractivity contribution in [3.05, 3.63) is 23.6 Å². The normalized spacial score (nSPS) is 13.9. The zero-order chi connectivity index (χ0) is 17.9. The van der Waals surface area contributed by atoms with E-state index in [9.17, 15) is 9.36 Å². The van der Waals surface area contributed by atoms with Crippen LogP contribution in [0.3, 0.4) is 0 Å². The van der Waals surface area contributed by atoms with Crippen molar-refractivity contribution in [2.75, 3.05) is 60.7 Å². The highest BCUT2D eigenvalue weighted by molar-refractivity contribution is 7.48. The highest BCUT2D eigenvalue weighted by atomic mass is 31.2. The van der Waals surface area contributed by atoms with Crippen LogP contribution in [0.2, 0.25) is 0 Å². The summed E-state index contributed by atoms with van der Waals surface area (Å²) in [5.41, 5.74) is 0.265. The van der Waals surface area contributed by atoms with Gasteiger partial charge in [-0.15, -0.1) is 0 Å². The molecule has 8 nitrogen and oxygen atoms in total. The SMILES string of the molecule is [C-]#[N+]CCOP(=O)(OCCOC(=O)C(=C)C)OCC[15N+]([13CH3])([13CH3])[13CH3]. The molecule has 132 valence electrons. The van der Waals surface area contributed by atoms with Gasteiger partial charge in [0.25, 0.3) is 0 Å². The molecule has 0 spiro atoms. The molecule has 0 saturated carbocycles. The van der Waals surface area contributed by atoms with Gasteiger partial charge in [0.15, 0.2) is 0 Å². The summed E-state index contributed by atoms with van der Waals surface area (Å²) in [5.74, 6) is -0.552. The van der Waals surface area contributed by atoms with Crippen molar-refractivity contribution in [1.82, 2.24) is 0 Å². The summed E-state index contributed by atoms with van der Waals surface area (Å²) in [4.78, 5) is 14.3. The molecular weight excluding hydrogens is 327 g/mol. The zero-order valence-corrected chi connectivity index (χ0v) is 15.1. The molecule has 1 unspecified atom stereocenters. The fraction of sp³-hybridized carbons (Fsp3) is 0.714. The van der Waals surface area contributed by atoms with Crippen molar-refractivity contribution < 1.29 is 32.2 Å². The molecule has 23 heavy (non-hydrogen) atoms. The number of quaternary nitrogens is 1. The second kappa shape index (κ2) is 10.5. The molecule has 0 fully saturated rings. The number of nitrogens with zero attached hydrogens (tertiary/aromatic N) is 2. The number of carbonyl (C=O) groups is 1. The van der Waals surface area contributed by atoms with Gasteiger partial charge < -0.3 is 14.1 Å². The summed E-state index contributed by atoms with van der Waals surface area (Å²) >= 11 is 0. The summed E-state index contributed by atoms with van der Waals surface area (Å²) in [6.07, 6.45) is 0. The first-order chi connectivity index (χ1) is 10.6. The molecule has 0 bridgehead atoms. The lowest BCUT2D eigenvalue weighted by atomic mass is 10.4. The maximum Gasteiger partial charge on any atom is 0.475 e. The van der Waals surface area contributed by atoms with Gasteiger partial charge in [-0.2, -0.15) is 0 Å². The maximum atomic E-state index is 12.4. The van der Waals surface area contributed by atoms with Crippen LogP contribution in [-0.2, 0) is 27.7 Å². The molecule has 0 heterocycles. The summed E-state index contributed by atoms with van der Waals surface area (Å²) in [7, 11) is 2.11. The van der Waals surface area contributed by atoms with Crippen LogP contribution < -0.4 is 0 Å². The van der Waals surface area contributed by atoms with Crippen molar-refractivity contribution in [3.63, 3.8) is 0 Å². The third-order valence-corrected chi connectivity index (χ3v) is 3.87. The molecule has 0 N–H and O–H groups in total. The average molecular weight is 353 g/mol. The minimum atomic E-state index is -3.79. The van der Waals surface area contributed by atoms with E-state index in [0.29, 0.717) is 11.0 Å². The van der Waals surface area contributed by atoms with E-state index in [0.717, 1.165) is 0 Å². The van der Waals surface area contributed by atoms with E-state index in [1.807, 2.05) is 21.1 Å². The van der Waals surface area contributed by atoms with Crippen LogP contribution in [0.4, 0.5) is 0 Å². The quantitative estimate of drug-likeness (QED) is 0.0780. The second-order valence-electron chi connectivity index (χ2n) is 5.76. The van der Waals surface area contributed by atoms with Crippen LogP contribution in [0.1, 0.15) is 6.92 Å². The van der Waals surface area contributed by atoms with Gasteiger partial charge in [0.2, 0.25) is 6.54 Å². The average Bonchev–Trinajstić information content (AvgIpc) is 2.42. The number of ether oxygens (including phenoxy) is 1. The van der Waals surface area contributed by atoms with Gasteiger partial charge in [-0.25, -0.2) is 15.9 Å². The Hall–Kier alpha value is -1.23. The lowest BCUT2D eigenvalue weighted by Gasteiger charge is -2.24. The Kier molecular flexibility index (Phi) is 9.96. The number of esters is 1. The van der Waals surface area contributed by atoms with Crippen LogP contribution in [0.15, 0.2) is 12.2 Å². The van der Waals surface area contributed by atoms with E-state index in [-0.39, 0.29) is 38.5 Å². The van der Waals surface area contributed by atoms with E-state index >= 15 is 0 Å². The van der Waals surface area contributed by atoms with Crippen LogP contribution in [0, 0.1) is 6.57 Å². The number of phosphoric ester groups is 1. The van der Waals surface area contributed by atoms with Crippen LogP contribution in [0.5, 0.6) is 0 Å². The number of hydrogen-bond donors (Lipinski definition) is 0. The molecule has 0 aromatic rings. The van der Waals surface area contributed by atoms with Gasteiger partial charge in [0.05, 0.1) is 27.7 Å². The molecule has 0 radical (unpaired) electrons. The van der Waals surface area contributed by atoms with Crippen LogP contribution in [-0.4, -0.2) is 71.1 Å². The summed E-state index contributed by atoms with van der Waals surface area (Å²) in [6, 6.07) is 0. The highest BCUT2D eigenvalue weighted by Crippen LogP contribution is 2.49. The van der Waals surface area contributed by atoms with Gasteiger partial charge in [0.1, 0.15) is 26.4 Å². The molecular formula is C14H26N2O6P+. The van der Waals surface area contributed by atoms with Crippen molar-refractivity contribution >= 4 is 13.8 Å². The molecule has 0 saturated heterocycles. The minimum Gasteiger partial charge on any atom is -0.460 e. The maximum absolute atomic E-state index is 12.4. The Morgan fingerprint density at radius 3 is 2.22 bits per heavy atom. The number of likely N-dealkylation sites (N-methyl/N-ethyl adjacent to an activating group) is 1. The molecule has 1 atom stereocenters. The number of carbonyl (C=O) groups excluding carboxylic acids is 1. The van der Waals surface area contributed by atoms with Gasteiger partial charge in [0, 0.05) is 5.57 Å². The predicted molar refractivity (Wildman–Crippen MR) is 85.6 cm³/mol. The monoisotopic (exact) mass is 353 g/mol. The number of hydrogen-bond acceptors (Lipinski definition) is 6. The molecule has 0 aliphatic heterocycles. The predicted octanol–water partition coefficient (Wildman–Crippen LogP) is 1.89. The van der Waals surface area contributed by atoms with Gasteiger partial charge >= 0.3 is 13.8 Å². The van der Waals surface area contributed by atoms with Crippen molar-refractivity contribution in [1.29, 1.82) is 0 Å². The smallest absolute Gasteiger partial charge is 0.460 e.